The van der Waals surface area contributed by atoms with Gasteiger partial charge in [-0.15, -0.1) is 0 Å². The Hall–Kier alpha value is -0.620. The van der Waals surface area contributed by atoms with Crippen molar-refractivity contribution in [1.82, 2.24) is 10.2 Å². The molecule has 1 unspecified atom stereocenters. The fourth-order valence-corrected chi connectivity index (χ4v) is 4.03. The van der Waals surface area contributed by atoms with Crippen LogP contribution in [-0.4, -0.2) is 56.9 Å². The Morgan fingerprint density at radius 3 is 2.67 bits per heavy atom. The van der Waals surface area contributed by atoms with E-state index >= 15 is 0 Å². The Labute approximate surface area is 109 Å². The first kappa shape index (κ1) is 13.8. The summed E-state index contributed by atoms with van der Waals surface area (Å²) in [6.07, 6.45) is 2.47. The molecular weight excluding hydrogens is 252 g/mol. The molecule has 5 nitrogen and oxygen atoms in total. The van der Waals surface area contributed by atoms with Gasteiger partial charge in [-0.05, 0) is 32.7 Å². The van der Waals surface area contributed by atoms with E-state index in [0.29, 0.717) is 26.1 Å². The van der Waals surface area contributed by atoms with E-state index in [1.807, 2.05) is 6.92 Å². The summed E-state index contributed by atoms with van der Waals surface area (Å²) < 4.78 is 23.1. The van der Waals surface area contributed by atoms with E-state index in [1.54, 1.807) is 4.90 Å². The molecule has 2 aliphatic rings. The topological polar surface area (TPSA) is 66.5 Å². The highest BCUT2D eigenvalue weighted by atomic mass is 32.2. The Balaban J connectivity index is 2.04. The predicted octanol–water partition coefficient (Wildman–Crippen LogP) is 0.0232. The third kappa shape index (κ3) is 3.03. The highest BCUT2D eigenvalue weighted by molar-refractivity contribution is 7.91. The highest BCUT2D eigenvalue weighted by Gasteiger charge is 2.38. The minimum absolute atomic E-state index is 0.113. The number of amides is 1. The molecular formula is C12H22N2O3S. The molecule has 0 aromatic heterocycles. The van der Waals surface area contributed by atoms with Gasteiger partial charge in [-0.25, -0.2) is 8.42 Å². The number of carbonyl (C=O) groups is 1. The number of nitrogens with zero attached hydrogens (tertiary/aromatic N) is 1. The van der Waals surface area contributed by atoms with E-state index < -0.39 is 9.84 Å². The third-order valence-electron chi connectivity index (χ3n) is 3.96. The van der Waals surface area contributed by atoms with Crippen LogP contribution >= 0.6 is 0 Å². The van der Waals surface area contributed by atoms with E-state index in [-0.39, 0.29) is 22.8 Å². The number of sulfone groups is 1. The van der Waals surface area contributed by atoms with Crippen LogP contribution in [0.1, 0.15) is 26.2 Å². The molecule has 0 saturated carbocycles. The molecule has 0 radical (unpaired) electrons. The van der Waals surface area contributed by atoms with Crippen molar-refractivity contribution in [2.75, 3.05) is 37.7 Å². The van der Waals surface area contributed by atoms with Crippen molar-refractivity contribution in [3.8, 4) is 0 Å². The summed E-state index contributed by atoms with van der Waals surface area (Å²) in [5, 5.41) is 3.26. The van der Waals surface area contributed by atoms with E-state index in [4.69, 9.17) is 0 Å². The largest absolute Gasteiger partial charge is 0.341 e. The third-order valence-corrected chi connectivity index (χ3v) is 5.67. The first-order valence-electron chi connectivity index (χ1n) is 6.64. The van der Waals surface area contributed by atoms with Crippen LogP contribution in [0, 0.1) is 5.41 Å². The highest BCUT2D eigenvalue weighted by Crippen LogP contribution is 2.28. The molecule has 1 N–H and O–H groups in total. The van der Waals surface area contributed by atoms with Gasteiger partial charge in [0.2, 0.25) is 5.91 Å². The van der Waals surface area contributed by atoms with E-state index in [9.17, 15) is 13.2 Å². The SMILES string of the molecule is CC1(C(=O)N2CCCS(=O)(=O)CC2)CCCNC1. The Morgan fingerprint density at radius 1 is 1.22 bits per heavy atom. The Bertz CT molecular complexity index is 413. The summed E-state index contributed by atoms with van der Waals surface area (Å²) in [5.74, 6) is 0.445. The standard InChI is InChI=1S/C12H22N2O3S/c1-12(4-2-5-13-10-12)11(15)14-6-3-8-18(16,17)9-7-14/h13H,2-10H2,1H3. The number of hydrogen-bond donors (Lipinski definition) is 1. The van der Waals surface area contributed by atoms with Gasteiger partial charge in [0.25, 0.3) is 0 Å². The number of piperidine rings is 1. The van der Waals surface area contributed by atoms with Crippen LogP contribution < -0.4 is 5.32 Å². The molecule has 1 amide bonds. The van der Waals surface area contributed by atoms with Crippen LogP contribution in [0.25, 0.3) is 0 Å². The zero-order valence-corrected chi connectivity index (χ0v) is 11.8. The average Bonchev–Trinajstić information content (AvgIpc) is 2.50. The van der Waals surface area contributed by atoms with Crippen LogP contribution in [0.2, 0.25) is 0 Å². The molecule has 6 heteroatoms. The van der Waals surface area contributed by atoms with Crippen LogP contribution in [0.4, 0.5) is 0 Å². The minimum Gasteiger partial charge on any atom is -0.341 e. The van der Waals surface area contributed by atoms with Gasteiger partial charge in [-0.2, -0.15) is 0 Å². The van der Waals surface area contributed by atoms with Gasteiger partial charge in [-0.1, -0.05) is 0 Å². The van der Waals surface area contributed by atoms with E-state index in [2.05, 4.69) is 5.32 Å². The zero-order valence-electron chi connectivity index (χ0n) is 10.9. The average molecular weight is 274 g/mol. The van der Waals surface area contributed by atoms with E-state index in [0.717, 1.165) is 19.4 Å². The number of hydrogen-bond acceptors (Lipinski definition) is 4. The van der Waals surface area contributed by atoms with Crippen LogP contribution in [0.5, 0.6) is 0 Å². The van der Waals surface area contributed by atoms with Gasteiger partial charge in [0.05, 0.1) is 16.9 Å². The fourth-order valence-electron chi connectivity index (χ4n) is 2.76. The molecule has 0 aliphatic carbocycles. The van der Waals surface area contributed by atoms with Crippen molar-refractivity contribution in [3.05, 3.63) is 0 Å². The van der Waals surface area contributed by atoms with Gasteiger partial charge < -0.3 is 10.2 Å². The molecule has 104 valence electrons. The van der Waals surface area contributed by atoms with Crippen LogP contribution in [-0.2, 0) is 14.6 Å². The second-order valence-corrected chi connectivity index (χ2v) is 7.94. The van der Waals surface area contributed by atoms with Crippen molar-refractivity contribution in [1.29, 1.82) is 0 Å². The van der Waals surface area contributed by atoms with Gasteiger partial charge in [0, 0.05) is 19.6 Å². The lowest BCUT2D eigenvalue weighted by molar-refractivity contribution is -0.141. The van der Waals surface area contributed by atoms with Crippen molar-refractivity contribution < 1.29 is 13.2 Å². The van der Waals surface area contributed by atoms with Crippen molar-refractivity contribution in [3.63, 3.8) is 0 Å². The van der Waals surface area contributed by atoms with Crippen molar-refractivity contribution in [2.45, 2.75) is 26.2 Å². The zero-order chi connectivity index (χ0) is 13.2. The van der Waals surface area contributed by atoms with Gasteiger partial charge in [0.1, 0.15) is 0 Å². The summed E-state index contributed by atoms with van der Waals surface area (Å²) in [5.41, 5.74) is -0.355. The van der Waals surface area contributed by atoms with Crippen LogP contribution in [0.15, 0.2) is 0 Å². The van der Waals surface area contributed by atoms with Crippen molar-refractivity contribution >= 4 is 15.7 Å². The lowest BCUT2D eigenvalue weighted by Crippen LogP contribution is -2.50. The maximum Gasteiger partial charge on any atom is 0.229 e. The quantitative estimate of drug-likeness (QED) is 0.732. The van der Waals surface area contributed by atoms with Crippen molar-refractivity contribution in [2.24, 2.45) is 5.41 Å². The smallest absolute Gasteiger partial charge is 0.229 e. The Morgan fingerprint density at radius 2 is 2.00 bits per heavy atom. The summed E-state index contributed by atoms with van der Waals surface area (Å²) in [4.78, 5) is 14.3. The maximum atomic E-state index is 12.5. The van der Waals surface area contributed by atoms with Crippen LogP contribution in [0.3, 0.4) is 0 Å². The second-order valence-electron chi connectivity index (χ2n) is 5.64. The molecule has 0 aromatic rings. The molecule has 2 fully saturated rings. The summed E-state index contributed by atoms with van der Waals surface area (Å²) in [6.45, 7) is 4.59. The molecule has 0 aromatic carbocycles. The number of nitrogens with one attached hydrogen (secondary N) is 1. The number of rotatable bonds is 1. The number of carbonyl (C=O) groups excluding carboxylic acids is 1. The summed E-state index contributed by atoms with van der Waals surface area (Å²) in [7, 11) is -2.95. The second kappa shape index (κ2) is 5.17. The molecule has 2 heterocycles. The molecule has 0 spiro atoms. The Kier molecular flexibility index (Phi) is 3.96. The molecule has 2 aliphatic heterocycles. The van der Waals surface area contributed by atoms with Gasteiger partial charge in [0.15, 0.2) is 9.84 Å². The minimum atomic E-state index is -2.95. The lowest BCUT2D eigenvalue weighted by Gasteiger charge is -2.37. The molecule has 2 rings (SSSR count). The molecule has 2 saturated heterocycles. The summed E-state index contributed by atoms with van der Waals surface area (Å²) in [6, 6.07) is 0. The monoisotopic (exact) mass is 274 g/mol. The normalized spacial score (nSPS) is 32.8. The van der Waals surface area contributed by atoms with Gasteiger partial charge >= 0.3 is 0 Å². The molecule has 0 bridgehead atoms. The lowest BCUT2D eigenvalue weighted by atomic mass is 9.81. The first-order chi connectivity index (χ1) is 8.43. The fraction of sp³-hybridized carbons (Fsp3) is 0.917. The maximum absolute atomic E-state index is 12.5. The predicted molar refractivity (Wildman–Crippen MR) is 70.1 cm³/mol. The van der Waals surface area contributed by atoms with E-state index in [1.165, 1.54) is 0 Å². The molecule has 1 atom stereocenters. The van der Waals surface area contributed by atoms with Gasteiger partial charge in [-0.3, -0.25) is 4.79 Å². The molecule has 18 heavy (non-hydrogen) atoms. The summed E-state index contributed by atoms with van der Waals surface area (Å²) >= 11 is 0. The first-order valence-corrected chi connectivity index (χ1v) is 8.46.